The second kappa shape index (κ2) is 5.50. The van der Waals surface area contributed by atoms with Crippen LogP contribution in [0.25, 0.3) is 11.7 Å². The third-order valence-electron chi connectivity index (χ3n) is 1.84. The molecule has 0 saturated heterocycles. The van der Waals surface area contributed by atoms with Crippen molar-refractivity contribution >= 4 is 28.0 Å². The summed E-state index contributed by atoms with van der Waals surface area (Å²) >= 11 is 3.16. The molecule has 2 N–H and O–H groups in total. The topological polar surface area (TPSA) is 93.2 Å². The highest BCUT2D eigenvalue weighted by molar-refractivity contribution is 9.10. The number of nitrogens with one attached hydrogen (secondary N) is 2. The molecule has 0 aliphatic heterocycles. The molecule has 2 rings (SSSR count). The van der Waals surface area contributed by atoms with E-state index in [1.807, 2.05) is 0 Å². The lowest BCUT2D eigenvalue weighted by Crippen LogP contribution is -2.28. The number of urea groups is 1. The normalized spacial score (nSPS) is 10.1. The fraction of sp³-hybridized carbons (Fsp3) is 0.100. The Morgan fingerprint density at radius 3 is 2.94 bits per heavy atom. The van der Waals surface area contributed by atoms with Crippen LogP contribution in [-0.2, 0) is 0 Å². The van der Waals surface area contributed by atoms with Gasteiger partial charge in [-0.3, -0.25) is 5.32 Å². The summed E-state index contributed by atoms with van der Waals surface area (Å²) in [7, 11) is 0. The number of carbonyl (C=O) groups excluding carboxylic acids is 1. The zero-order valence-corrected chi connectivity index (χ0v) is 10.7. The third kappa shape index (κ3) is 2.98. The molecule has 8 heteroatoms. The van der Waals surface area contributed by atoms with Gasteiger partial charge >= 0.3 is 12.0 Å². The minimum atomic E-state index is -0.453. The van der Waals surface area contributed by atoms with E-state index >= 15 is 0 Å². The van der Waals surface area contributed by atoms with E-state index in [2.05, 4.69) is 43.3 Å². The molecule has 2 amide bonds. The minimum Gasteiger partial charge on any atom is -0.444 e. The van der Waals surface area contributed by atoms with Gasteiger partial charge in [0.15, 0.2) is 10.4 Å². The molecule has 0 spiro atoms. The van der Waals surface area contributed by atoms with Crippen LogP contribution in [0.15, 0.2) is 38.3 Å². The molecule has 0 fully saturated rings. The molecule has 2 aromatic heterocycles. The summed E-state index contributed by atoms with van der Waals surface area (Å²) in [6.45, 7) is 3.82. The average Bonchev–Trinajstić information content (AvgIpc) is 2.95. The number of halogens is 1. The highest BCUT2D eigenvalue weighted by Gasteiger charge is 2.13. The van der Waals surface area contributed by atoms with Crippen LogP contribution in [0.3, 0.4) is 0 Å². The van der Waals surface area contributed by atoms with E-state index in [1.165, 1.54) is 0 Å². The molecule has 18 heavy (non-hydrogen) atoms. The molecule has 0 unspecified atom stereocenters. The second-order valence-corrected chi connectivity index (χ2v) is 3.92. The predicted molar refractivity (Wildman–Crippen MR) is 66.9 cm³/mol. The van der Waals surface area contributed by atoms with Gasteiger partial charge in [-0.1, -0.05) is 11.2 Å². The largest absolute Gasteiger partial charge is 0.444 e. The van der Waals surface area contributed by atoms with Crippen LogP contribution in [-0.4, -0.2) is 22.8 Å². The third-order valence-corrected chi connectivity index (χ3v) is 2.26. The SMILES string of the molecule is C=CCNC(=O)Nc1nnc(-c2ccc(Br)o2)o1. The van der Waals surface area contributed by atoms with E-state index < -0.39 is 6.03 Å². The Balaban J connectivity index is 2.02. The molecular weight excluding hydrogens is 304 g/mol. The molecule has 2 aromatic rings. The molecule has 0 bridgehead atoms. The maximum atomic E-state index is 11.3. The molecule has 0 saturated carbocycles. The fourth-order valence-corrected chi connectivity index (χ4v) is 1.42. The number of rotatable bonds is 4. The summed E-state index contributed by atoms with van der Waals surface area (Å²) in [5, 5.41) is 12.3. The van der Waals surface area contributed by atoms with Crippen LogP contribution >= 0.6 is 15.9 Å². The zero-order chi connectivity index (χ0) is 13.0. The van der Waals surface area contributed by atoms with Crippen molar-refractivity contribution in [2.75, 3.05) is 11.9 Å². The number of amides is 2. The maximum absolute atomic E-state index is 11.3. The Bertz CT molecular complexity index is 563. The van der Waals surface area contributed by atoms with Crippen LogP contribution in [0.4, 0.5) is 10.8 Å². The van der Waals surface area contributed by atoms with Crippen LogP contribution in [0.5, 0.6) is 0 Å². The zero-order valence-electron chi connectivity index (χ0n) is 9.14. The van der Waals surface area contributed by atoms with Crippen molar-refractivity contribution in [2.45, 2.75) is 0 Å². The average molecular weight is 313 g/mol. The Morgan fingerprint density at radius 2 is 2.28 bits per heavy atom. The number of nitrogens with zero attached hydrogens (tertiary/aromatic N) is 2. The second-order valence-electron chi connectivity index (χ2n) is 3.14. The number of hydrogen-bond donors (Lipinski definition) is 2. The molecule has 0 atom stereocenters. The number of anilines is 1. The molecule has 0 aromatic carbocycles. The van der Waals surface area contributed by atoms with Gasteiger partial charge in [0.2, 0.25) is 0 Å². The van der Waals surface area contributed by atoms with Crippen molar-refractivity contribution in [1.82, 2.24) is 15.5 Å². The number of carbonyl (C=O) groups is 1. The molecule has 0 radical (unpaired) electrons. The monoisotopic (exact) mass is 312 g/mol. The summed E-state index contributed by atoms with van der Waals surface area (Å²) in [5.41, 5.74) is 0. The van der Waals surface area contributed by atoms with Gasteiger partial charge in [0.05, 0.1) is 0 Å². The van der Waals surface area contributed by atoms with E-state index in [-0.39, 0.29) is 11.9 Å². The smallest absolute Gasteiger partial charge is 0.324 e. The van der Waals surface area contributed by atoms with Crippen LogP contribution in [0, 0.1) is 0 Å². The summed E-state index contributed by atoms with van der Waals surface area (Å²) in [5.74, 6) is 0.591. The van der Waals surface area contributed by atoms with Crippen molar-refractivity contribution in [1.29, 1.82) is 0 Å². The van der Waals surface area contributed by atoms with Crippen LogP contribution in [0.2, 0.25) is 0 Å². The summed E-state index contributed by atoms with van der Waals surface area (Å²) < 4.78 is 11.0. The molecule has 94 valence electrons. The van der Waals surface area contributed by atoms with Crippen LogP contribution < -0.4 is 10.6 Å². The summed E-state index contributed by atoms with van der Waals surface area (Å²) in [6, 6.07) is 2.90. The first-order valence-electron chi connectivity index (χ1n) is 4.94. The number of aromatic nitrogens is 2. The van der Waals surface area contributed by atoms with E-state index in [0.29, 0.717) is 17.0 Å². The maximum Gasteiger partial charge on any atom is 0.324 e. The predicted octanol–water partition coefficient (Wildman–Crippen LogP) is 2.40. The molecule has 0 aliphatic carbocycles. The first kappa shape index (κ1) is 12.4. The van der Waals surface area contributed by atoms with Crippen molar-refractivity contribution in [3.63, 3.8) is 0 Å². The van der Waals surface area contributed by atoms with Crippen molar-refractivity contribution in [3.05, 3.63) is 29.5 Å². The van der Waals surface area contributed by atoms with E-state index in [9.17, 15) is 4.79 Å². The van der Waals surface area contributed by atoms with Gasteiger partial charge in [0.25, 0.3) is 5.89 Å². The fourth-order valence-electron chi connectivity index (χ4n) is 1.11. The first-order valence-corrected chi connectivity index (χ1v) is 5.73. The first-order chi connectivity index (χ1) is 8.69. The lowest BCUT2D eigenvalue weighted by molar-refractivity contribution is 0.252. The van der Waals surface area contributed by atoms with Crippen LogP contribution in [0.1, 0.15) is 0 Å². The lowest BCUT2D eigenvalue weighted by Gasteiger charge is -1.99. The van der Waals surface area contributed by atoms with Crippen molar-refractivity contribution in [3.8, 4) is 11.7 Å². The van der Waals surface area contributed by atoms with E-state index in [0.717, 1.165) is 0 Å². The van der Waals surface area contributed by atoms with Crippen molar-refractivity contribution in [2.24, 2.45) is 0 Å². The standard InChI is InChI=1S/C10H9BrN4O3/c1-2-5-12-9(16)13-10-15-14-8(18-10)6-3-4-7(11)17-6/h2-4H,1,5H2,(H2,12,13,15,16). The molecule has 7 nitrogen and oxygen atoms in total. The molecule has 0 aliphatic rings. The van der Waals surface area contributed by atoms with Crippen molar-refractivity contribution < 1.29 is 13.6 Å². The van der Waals surface area contributed by atoms with E-state index in [1.54, 1.807) is 18.2 Å². The van der Waals surface area contributed by atoms with E-state index in [4.69, 9.17) is 8.83 Å². The Labute approximate surface area is 110 Å². The molecular formula is C10H9BrN4O3. The van der Waals surface area contributed by atoms with Gasteiger partial charge in [-0.25, -0.2) is 4.79 Å². The Morgan fingerprint density at radius 1 is 1.44 bits per heavy atom. The minimum absolute atomic E-state index is 0.0147. The molecule has 2 heterocycles. The lowest BCUT2D eigenvalue weighted by atomic mass is 10.5. The van der Waals surface area contributed by atoms with Gasteiger partial charge in [-0.2, -0.15) is 0 Å². The van der Waals surface area contributed by atoms with Gasteiger partial charge in [0, 0.05) is 6.54 Å². The highest BCUT2D eigenvalue weighted by atomic mass is 79.9. The van der Waals surface area contributed by atoms with Gasteiger partial charge in [-0.05, 0) is 28.1 Å². The van der Waals surface area contributed by atoms with Gasteiger partial charge in [-0.15, -0.1) is 11.7 Å². The number of furan rings is 1. The quantitative estimate of drug-likeness (QED) is 0.845. The van der Waals surface area contributed by atoms with Gasteiger partial charge < -0.3 is 14.2 Å². The summed E-state index contributed by atoms with van der Waals surface area (Å²) in [4.78, 5) is 11.3. The van der Waals surface area contributed by atoms with Gasteiger partial charge in [0.1, 0.15) is 0 Å². The summed E-state index contributed by atoms with van der Waals surface area (Å²) in [6.07, 6.45) is 1.55. The Kier molecular flexibility index (Phi) is 3.78. The Hall–Kier alpha value is -2.09. The highest BCUT2D eigenvalue weighted by Crippen LogP contribution is 2.24. The number of hydrogen-bond acceptors (Lipinski definition) is 5.